The highest BCUT2D eigenvalue weighted by molar-refractivity contribution is 4.77. The molecule has 0 spiro atoms. The fraction of sp³-hybridized carbons (Fsp3) is 1.00. The number of hydrogen-bond acceptors (Lipinski definition) is 1. The lowest BCUT2D eigenvalue weighted by atomic mass is 9.84. The van der Waals surface area contributed by atoms with Gasteiger partial charge in [0.2, 0.25) is 0 Å². The van der Waals surface area contributed by atoms with Crippen LogP contribution in [0.3, 0.4) is 0 Å². The van der Waals surface area contributed by atoms with Gasteiger partial charge in [-0.05, 0) is 45.2 Å². The van der Waals surface area contributed by atoms with Gasteiger partial charge in [0.15, 0.2) is 0 Å². The lowest BCUT2D eigenvalue weighted by Crippen LogP contribution is -2.39. The molecule has 1 fully saturated rings. The average molecular weight is 155 g/mol. The Bertz CT molecular complexity index is 120. The molecule has 2 unspecified atom stereocenters. The van der Waals surface area contributed by atoms with Crippen LogP contribution in [0.5, 0.6) is 0 Å². The number of piperidine rings is 1. The Balaban J connectivity index is 2.40. The fourth-order valence-corrected chi connectivity index (χ4v) is 1.93. The summed E-state index contributed by atoms with van der Waals surface area (Å²) in [4.78, 5) is 2.47. The Morgan fingerprint density at radius 3 is 2.45 bits per heavy atom. The molecule has 0 amide bonds. The van der Waals surface area contributed by atoms with Crippen molar-refractivity contribution in [2.24, 2.45) is 11.8 Å². The molecule has 0 bridgehead atoms. The number of nitrogens with zero attached hydrogens (tertiary/aromatic N) is 1. The highest BCUT2D eigenvalue weighted by Gasteiger charge is 2.24. The molecule has 2 atom stereocenters. The van der Waals surface area contributed by atoms with Gasteiger partial charge in [-0.2, -0.15) is 0 Å². The first kappa shape index (κ1) is 9.05. The van der Waals surface area contributed by atoms with Crippen molar-refractivity contribution in [3.8, 4) is 0 Å². The molecule has 66 valence electrons. The molecular formula is C10H21N. The molecule has 11 heavy (non-hydrogen) atoms. The van der Waals surface area contributed by atoms with Crippen LogP contribution in [-0.4, -0.2) is 24.5 Å². The van der Waals surface area contributed by atoms with E-state index in [1.165, 1.54) is 19.4 Å². The zero-order valence-electron chi connectivity index (χ0n) is 8.30. The van der Waals surface area contributed by atoms with E-state index in [1.54, 1.807) is 0 Å². The fourth-order valence-electron chi connectivity index (χ4n) is 1.93. The van der Waals surface area contributed by atoms with Gasteiger partial charge in [-0.3, -0.25) is 0 Å². The minimum absolute atomic E-state index is 0.802. The molecule has 1 aliphatic rings. The normalized spacial score (nSPS) is 34.6. The van der Waals surface area contributed by atoms with E-state index in [9.17, 15) is 0 Å². The van der Waals surface area contributed by atoms with Crippen molar-refractivity contribution in [3.05, 3.63) is 0 Å². The van der Waals surface area contributed by atoms with E-state index >= 15 is 0 Å². The molecule has 1 nitrogen and oxygen atoms in total. The predicted octanol–water partition coefficient (Wildman–Crippen LogP) is 2.37. The number of likely N-dealkylation sites (tertiary alicyclic amines) is 1. The first-order valence-corrected chi connectivity index (χ1v) is 4.81. The van der Waals surface area contributed by atoms with Crippen LogP contribution >= 0.6 is 0 Å². The van der Waals surface area contributed by atoms with Crippen molar-refractivity contribution >= 4 is 0 Å². The van der Waals surface area contributed by atoms with E-state index in [2.05, 4.69) is 32.7 Å². The highest BCUT2D eigenvalue weighted by Crippen LogP contribution is 2.27. The quantitative estimate of drug-likeness (QED) is 0.562. The monoisotopic (exact) mass is 155 g/mol. The molecule has 0 radical (unpaired) electrons. The number of hydrogen-bond donors (Lipinski definition) is 0. The smallest absolute Gasteiger partial charge is 0.00666 e. The molecular weight excluding hydrogens is 134 g/mol. The molecule has 1 heterocycles. The topological polar surface area (TPSA) is 3.24 Å². The third-order valence-electron chi connectivity index (χ3n) is 3.19. The summed E-state index contributed by atoms with van der Waals surface area (Å²) in [7, 11) is 2.24. The Hall–Kier alpha value is -0.0400. The van der Waals surface area contributed by atoms with E-state index in [4.69, 9.17) is 0 Å². The Morgan fingerprint density at radius 1 is 1.36 bits per heavy atom. The van der Waals surface area contributed by atoms with Crippen molar-refractivity contribution in [2.45, 2.75) is 39.7 Å². The molecule has 0 aromatic heterocycles. The van der Waals surface area contributed by atoms with Gasteiger partial charge in [-0.15, -0.1) is 0 Å². The van der Waals surface area contributed by atoms with E-state index < -0.39 is 0 Å². The van der Waals surface area contributed by atoms with Gasteiger partial charge >= 0.3 is 0 Å². The molecule has 1 heteroatoms. The minimum atomic E-state index is 0.802. The Kier molecular flexibility index (Phi) is 2.94. The van der Waals surface area contributed by atoms with Gasteiger partial charge in [0.1, 0.15) is 0 Å². The molecule has 1 aliphatic heterocycles. The molecule has 0 aromatic carbocycles. The maximum atomic E-state index is 2.47. The predicted molar refractivity (Wildman–Crippen MR) is 49.7 cm³/mol. The van der Waals surface area contributed by atoms with Crippen molar-refractivity contribution in [3.63, 3.8) is 0 Å². The Morgan fingerprint density at radius 2 is 2.00 bits per heavy atom. The third kappa shape index (κ3) is 2.19. The number of rotatable bonds is 1. The summed E-state index contributed by atoms with van der Waals surface area (Å²) >= 11 is 0. The maximum Gasteiger partial charge on any atom is 0.00666 e. The van der Waals surface area contributed by atoms with Crippen LogP contribution in [0.15, 0.2) is 0 Å². The zero-order valence-corrected chi connectivity index (χ0v) is 8.30. The summed E-state index contributed by atoms with van der Waals surface area (Å²) in [5.74, 6) is 1.85. The highest BCUT2D eigenvalue weighted by atomic mass is 15.1. The lowest BCUT2D eigenvalue weighted by molar-refractivity contribution is 0.129. The summed E-state index contributed by atoms with van der Waals surface area (Å²) in [5.41, 5.74) is 0. The molecule has 0 saturated carbocycles. The SMILES string of the molecule is CC(C)C1CCN(C)C(C)C1. The van der Waals surface area contributed by atoms with Crippen LogP contribution in [-0.2, 0) is 0 Å². The third-order valence-corrected chi connectivity index (χ3v) is 3.19. The first-order valence-electron chi connectivity index (χ1n) is 4.81. The second kappa shape index (κ2) is 3.57. The van der Waals surface area contributed by atoms with Gasteiger partial charge in [0.05, 0.1) is 0 Å². The average Bonchev–Trinajstić information content (AvgIpc) is 1.94. The Labute approximate surface area is 70.8 Å². The summed E-state index contributed by atoms with van der Waals surface area (Å²) < 4.78 is 0. The van der Waals surface area contributed by atoms with Crippen LogP contribution in [0.2, 0.25) is 0 Å². The van der Waals surface area contributed by atoms with Gasteiger partial charge in [0.25, 0.3) is 0 Å². The summed E-state index contributed by atoms with van der Waals surface area (Å²) in [5, 5.41) is 0. The standard InChI is InChI=1S/C10H21N/c1-8(2)10-5-6-11(4)9(3)7-10/h8-10H,5-7H2,1-4H3. The van der Waals surface area contributed by atoms with Crippen LogP contribution in [0, 0.1) is 11.8 Å². The van der Waals surface area contributed by atoms with Crippen molar-refractivity contribution < 1.29 is 0 Å². The molecule has 0 aliphatic carbocycles. The summed E-state index contributed by atoms with van der Waals surface area (Å²) in [6.07, 6.45) is 2.80. The van der Waals surface area contributed by atoms with Gasteiger partial charge in [-0.25, -0.2) is 0 Å². The minimum Gasteiger partial charge on any atom is -0.304 e. The van der Waals surface area contributed by atoms with Crippen LogP contribution < -0.4 is 0 Å². The van der Waals surface area contributed by atoms with E-state index in [1.807, 2.05) is 0 Å². The van der Waals surface area contributed by atoms with E-state index in [0.717, 1.165) is 17.9 Å². The van der Waals surface area contributed by atoms with Crippen molar-refractivity contribution in [1.29, 1.82) is 0 Å². The van der Waals surface area contributed by atoms with Crippen LogP contribution in [0.25, 0.3) is 0 Å². The van der Waals surface area contributed by atoms with Crippen LogP contribution in [0.1, 0.15) is 33.6 Å². The molecule has 0 aromatic rings. The molecule has 1 rings (SSSR count). The second-order valence-electron chi connectivity index (χ2n) is 4.36. The van der Waals surface area contributed by atoms with Crippen molar-refractivity contribution in [1.82, 2.24) is 4.90 Å². The van der Waals surface area contributed by atoms with Gasteiger partial charge < -0.3 is 4.90 Å². The van der Waals surface area contributed by atoms with E-state index in [-0.39, 0.29) is 0 Å². The van der Waals surface area contributed by atoms with Crippen molar-refractivity contribution in [2.75, 3.05) is 13.6 Å². The summed E-state index contributed by atoms with van der Waals surface area (Å²) in [6.45, 7) is 8.34. The van der Waals surface area contributed by atoms with Gasteiger partial charge in [0, 0.05) is 6.04 Å². The van der Waals surface area contributed by atoms with Gasteiger partial charge in [-0.1, -0.05) is 13.8 Å². The summed E-state index contributed by atoms with van der Waals surface area (Å²) in [6, 6.07) is 0.802. The molecule has 1 saturated heterocycles. The lowest BCUT2D eigenvalue weighted by Gasteiger charge is -2.36. The molecule has 0 N–H and O–H groups in total. The largest absolute Gasteiger partial charge is 0.304 e. The first-order chi connectivity index (χ1) is 5.11. The maximum absolute atomic E-state index is 2.47. The van der Waals surface area contributed by atoms with Crippen LogP contribution in [0.4, 0.5) is 0 Å². The van der Waals surface area contributed by atoms with E-state index in [0.29, 0.717) is 0 Å². The zero-order chi connectivity index (χ0) is 8.43. The second-order valence-corrected chi connectivity index (χ2v) is 4.36.